The van der Waals surface area contributed by atoms with E-state index in [9.17, 15) is 9.59 Å². The van der Waals surface area contributed by atoms with Gasteiger partial charge in [0, 0.05) is 11.6 Å². The molecule has 4 nitrogen and oxygen atoms in total. The summed E-state index contributed by atoms with van der Waals surface area (Å²) in [7, 11) is 0. The van der Waals surface area contributed by atoms with Gasteiger partial charge in [-0.2, -0.15) is 0 Å². The largest absolute Gasteiger partial charge is 0.463 e. The second-order valence-corrected chi connectivity index (χ2v) is 9.00. The standard InChI is InChI=1S/C28H40O4/c1-4-5-6-9-23-10-15-25(16-11-23)26-17-12-24(13-18-26)14-19-27(29)31-20-7-8-21-32-28(30)22(2)3/h12-14,17-19,23,25H,2,4-11,15-16,20-21H2,1,3H3/b19-14+. The molecule has 176 valence electrons. The van der Waals surface area contributed by atoms with Crippen molar-refractivity contribution in [3.63, 3.8) is 0 Å². The third-order valence-corrected chi connectivity index (χ3v) is 6.25. The van der Waals surface area contributed by atoms with E-state index in [1.165, 1.54) is 63.0 Å². The number of rotatable bonds is 13. The normalized spacial score (nSPS) is 18.4. The van der Waals surface area contributed by atoms with Crippen LogP contribution in [0, 0.1) is 5.92 Å². The average molecular weight is 441 g/mol. The molecule has 0 radical (unpaired) electrons. The van der Waals surface area contributed by atoms with Crippen molar-refractivity contribution in [2.75, 3.05) is 13.2 Å². The van der Waals surface area contributed by atoms with Crippen LogP contribution < -0.4 is 0 Å². The maximum Gasteiger partial charge on any atom is 0.333 e. The van der Waals surface area contributed by atoms with Gasteiger partial charge in [0.25, 0.3) is 0 Å². The Kier molecular flexibility index (Phi) is 11.9. The maximum atomic E-state index is 11.9. The molecular formula is C28H40O4. The van der Waals surface area contributed by atoms with Crippen molar-refractivity contribution in [1.29, 1.82) is 0 Å². The molecule has 0 saturated heterocycles. The summed E-state index contributed by atoms with van der Waals surface area (Å²) < 4.78 is 10.2. The molecule has 1 aromatic carbocycles. The van der Waals surface area contributed by atoms with Gasteiger partial charge in [-0.1, -0.05) is 63.5 Å². The molecule has 0 N–H and O–H groups in total. The van der Waals surface area contributed by atoms with Gasteiger partial charge in [-0.25, -0.2) is 9.59 Å². The number of carbonyl (C=O) groups is 2. The van der Waals surface area contributed by atoms with Gasteiger partial charge in [0.15, 0.2) is 0 Å². The van der Waals surface area contributed by atoms with Crippen LogP contribution in [-0.4, -0.2) is 25.2 Å². The molecule has 0 amide bonds. The summed E-state index contributed by atoms with van der Waals surface area (Å²) in [5.74, 6) is 0.868. The van der Waals surface area contributed by atoms with Crippen molar-refractivity contribution in [3.8, 4) is 0 Å². The number of carbonyl (C=O) groups excluding carboxylic acids is 2. The lowest BCUT2D eigenvalue weighted by Gasteiger charge is -2.29. The van der Waals surface area contributed by atoms with Crippen LogP contribution in [-0.2, 0) is 19.1 Å². The molecule has 1 fully saturated rings. The molecule has 0 aliphatic heterocycles. The minimum atomic E-state index is -0.383. The van der Waals surface area contributed by atoms with Crippen LogP contribution in [0.4, 0.5) is 0 Å². The van der Waals surface area contributed by atoms with Crippen LogP contribution in [0.5, 0.6) is 0 Å². The van der Waals surface area contributed by atoms with Crippen molar-refractivity contribution in [2.24, 2.45) is 5.92 Å². The first kappa shape index (κ1) is 25.9. The monoisotopic (exact) mass is 440 g/mol. The molecule has 2 rings (SSSR count). The lowest BCUT2D eigenvalue weighted by atomic mass is 9.77. The minimum absolute atomic E-state index is 0.311. The quantitative estimate of drug-likeness (QED) is 0.188. The molecule has 0 unspecified atom stereocenters. The van der Waals surface area contributed by atoms with Gasteiger partial charge in [0.1, 0.15) is 0 Å². The third-order valence-electron chi connectivity index (χ3n) is 6.25. The summed E-state index contributed by atoms with van der Waals surface area (Å²) >= 11 is 0. The zero-order valence-corrected chi connectivity index (χ0v) is 19.9. The van der Waals surface area contributed by atoms with Crippen LogP contribution in [0.1, 0.15) is 95.1 Å². The summed E-state index contributed by atoms with van der Waals surface area (Å²) in [5, 5.41) is 0. The van der Waals surface area contributed by atoms with Crippen molar-refractivity contribution in [3.05, 3.63) is 53.6 Å². The molecule has 1 aliphatic carbocycles. The van der Waals surface area contributed by atoms with Gasteiger partial charge in [-0.3, -0.25) is 0 Å². The maximum absolute atomic E-state index is 11.9. The Labute approximate surface area is 194 Å². The van der Waals surface area contributed by atoms with Crippen molar-refractivity contribution in [1.82, 2.24) is 0 Å². The van der Waals surface area contributed by atoms with Gasteiger partial charge in [0.2, 0.25) is 0 Å². The Morgan fingerprint density at radius 2 is 1.62 bits per heavy atom. The Bertz CT molecular complexity index is 739. The lowest BCUT2D eigenvalue weighted by molar-refractivity contribution is -0.140. The molecule has 0 atom stereocenters. The molecule has 0 bridgehead atoms. The first-order valence-electron chi connectivity index (χ1n) is 12.3. The fraction of sp³-hybridized carbons (Fsp3) is 0.571. The lowest BCUT2D eigenvalue weighted by Crippen LogP contribution is -2.13. The first-order valence-corrected chi connectivity index (χ1v) is 12.3. The summed E-state index contributed by atoms with van der Waals surface area (Å²) in [6.45, 7) is 8.04. The highest BCUT2D eigenvalue weighted by molar-refractivity contribution is 5.87. The van der Waals surface area contributed by atoms with E-state index in [2.05, 4.69) is 37.8 Å². The van der Waals surface area contributed by atoms with Gasteiger partial charge in [-0.05, 0) is 74.5 Å². The van der Waals surface area contributed by atoms with Crippen LogP contribution in [0.15, 0.2) is 42.5 Å². The second-order valence-electron chi connectivity index (χ2n) is 9.00. The average Bonchev–Trinajstić information content (AvgIpc) is 2.80. The fourth-order valence-electron chi connectivity index (χ4n) is 4.22. The fourth-order valence-corrected chi connectivity index (χ4v) is 4.22. The van der Waals surface area contributed by atoms with E-state index in [1.54, 1.807) is 13.0 Å². The topological polar surface area (TPSA) is 52.6 Å². The van der Waals surface area contributed by atoms with E-state index in [-0.39, 0.29) is 11.9 Å². The van der Waals surface area contributed by atoms with Crippen LogP contribution in [0.25, 0.3) is 6.08 Å². The molecule has 0 aromatic heterocycles. The highest BCUT2D eigenvalue weighted by Gasteiger charge is 2.21. The molecule has 0 spiro atoms. The summed E-state index contributed by atoms with van der Waals surface area (Å²) in [6.07, 6.45) is 15.4. The SMILES string of the molecule is C=C(C)C(=O)OCCCCOC(=O)/C=C/c1ccc(C2CCC(CCCCC)CC2)cc1. The van der Waals surface area contributed by atoms with Crippen LogP contribution in [0.2, 0.25) is 0 Å². The van der Waals surface area contributed by atoms with Crippen molar-refractivity contribution in [2.45, 2.75) is 84.0 Å². The molecule has 1 aromatic rings. The number of esters is 2. The Balaban J connectivity index is 1.64. The van der Waals surface area contributed by atoms with E-state index in [4.69, 9.17) is 9.47 Å². The second kappa shape index (κ2) is 14.7. The number of ether oxygens (including phenoxy) is 2. The van der Waals surface area contributed by atoms with Gasteiger partial charge in [0.05, 0.1) is 13.2 Å². The highest BCUT2D eigenvalue weighted by atomic mass is 16.5. The van der Waals surface area contributed by atoms with Crippen LogP contribution >= 0.6 is 0 Å². The summed E-state index contributed by atoms with van der Waals surface area (Å²) in [4.78, 5) is 23.1. The molecule has 32 heavy (non-hydrogen) atoms. The number of unbranched alkanes of at least 4 members (excludes halogenated alkanes) is 3. The van der Waals surface area contributed by atoms with E-state index >= 15 is 0 Å². The minimum Gasteiger partial charge on any atom is -0.463 e. The van der Waals surface area contributed by atoms with E-state index in [0.29, 0.717) is 37.5 Å². The van der Waals surface area contributed by atoms with E-state index in [1.807, 2.05) is 0 Å². The van der Waals surface area contributed by atoms with Gasteiger partial charge >= 0.3 is 11.9 Å². The van der Waals surface area contributed by atoms with Crippen LogP contribution in [0.3, 0.4) is 0 Å². The van der Waals surface area contributed by atoms with Crippen molar-refractivity contribution >= 4 is 18.0 Å². The molecule has 4 heteroatoms. The predicted octanol–water partition coefficient (Wildman–Crippen LogP) is 7.00. The van der Waals surface area contributed by atoms with Gasteiger partial charge < -0.3 is 9.47 Å². The summed E-state index contributed by atoms with van der Waals surface area (Å²) in [6, 6.07) is 8.59. The number of hydrogen-bond acceptors (Lipinski definition) is 4. The zero-order valence-electron chi connectivity index (χ0n) is 19.9. The highest BCUT2D eigenvalue weighted by Crippen LogP contribution is 2.37. The Morgan fingerprint density at radius 3 is 2.25 bits per heavy atom. The number of hydrogen-bond donors (Lipinski definition) is 0. The predicted molar refractivity (Wildman–Crippen MR) is 130 cm³/mol. The van der Waals surface area contributed by atoms with E-state index < -0.39 is 0 Å². The Hall–Kier alpha value is -2.36. The third kappa shape index (κ3) is 9.84. The molecular weight excluding hydrogens is 400 g/mol. The number of benzene rings is 1. The summed E-state index contributed by atoms with van der Waals surface area (Å²) in [5.41, 5.74) is 2.81. The zero-order chi connectivity index (χ0) is 23.2. The van der Waals surface area contributed by atoms with E-state index in [0.717, 1.165) is 11.5 Å². The van der Waals surface area contributed by atoms with Gasteiger partial charge in [-0.15, -0.1) is 0 Å². The first-order chi connectivity index (χ1) is 15.5. The molecule has 1 saturated carbocycles. The van der Waals surface area contributed by atoms with Crippen molar-refractivity contribution < 1.29 is 19.1 Å². The Morgan fingerprint density at radius 1 is 0.969 bits per heavy atom. The molecule has 0 heterocycles. The smallest absolute Gasteiger partial charge is 0.333 e. The molecule has 1 aliphatic rings.